The van der Waals surface area contributed by atoms with Gasteiger partial charge in [-0.25, -0.2) is 0 Å². The molecule has 416 valence electrons. The van der Waals surface area contributed by atoms with Gasteiger partial charge in [0.25, 0.3) is 0 Å². The lowest BCUT2D eigenvalue weighted by Gasteiger charge is -2.26. The van der Waals surface area contributed by atoms with Crippen molar-refractivity contribution < 1.29 is 0 Å². The van der Waals surface area contributed by atoms with E-state index in [0.717, 1.165) is 235 Å². The number of nitrogens with zero attached hydrogens (tertiary/aromatic N) is 6. The second kappa shape index (κ2) is 55.0. The van der Waals surface area contributed by atoms with Crippen molar-refractivity contribution in [3.63, 3.8) is 0 Å². The Morgan fingerprint density at radius 2 is 0.638 bits per heavy atom. The first kappa shape index (κ1) is 68.2. The summed E-state index contributed by atoms with van der Waals surface area (Å²) in [5.41, 5.74) is 23.3. The van der Waals surface area contributed by atoms with Gasteiger partial charge in [-0.05, 0) is 40.0 Å². The quantitative estimate of drug-likeness (QED) is 0.0258. The highest BCUT2D eigenvalue weighted by Gasteiger charge is 2.11. The summed E-state index contributed by atoms with van der Waals surface area (Å²) >= 11 is 0. The smallest absolute Gasteiger partial charge is 0.0108 e. The average Bonchev–Trinajstić information content (AvgIpc) is 3.35. The van der Waals surface area contributed by atoms with E-state index < -0.39 is 0 Å². The van der Waals surface area contributed by atoms with Crippen LogP contribution in [0.3, 0.4) is 0 Å². The summed E-state index contributed by atoms with van der Waals surface area (Å²) in [4.78, 5) is 15.0. The minimum atomic E-state index is 0.664. The number of nitrogens with one attached hydrogen (secondary N) is 10. The molecule has 0 unspecified atom stereocenters. The maximum atomic E-state index is 5.97. The van der Waals surface area contributed by atoms with Crippen LogP contribution >= 0.6 is 0 Å². The van der Waals surface area contributed by atoms with Gasteiger partial charge in [0.15, 0.2) is 0 Å². The summed E-state index contributed by atoms with van der Waals surface area (Å²) in [6.07, 6.45) is 5.25. The molecule has 1 atom stereocenters. The van der Waals surface area contributed by atoms with Gasteiger partial charge in [0.05, 0.1) is 0 Å². The predicted octanol–water partition coefficient (Wildman–Crippen LogP) is -4.36. The van der Waals surface area contributed by atoms with E-state index in [0.29, 0.717) is 26.2 Å². The van der Waals surface area contributed by atoms with Crippen LogP contribution in [0.25, 0.3) is 0 Å². The SMILES string of the molecule is CCCC[C@H](CC)CNCCN(C)CCNCCN(CCNCCN(CCN)CCNCCNC)CCNCCN(CCNCCN(CCN)CCN)CCNCCN(CCNC)CCNCCN. The van der Waals surface area contributed by atoms with Crippen molar-refractivity contribution in [2.75, 3.05) is 276 Å². The van der Waals surface area contributed by atoms with Crippen molar-refractivity contribution >= 4 is 0 Å². The molecule has 0 aliphatic rings. The zero-order valence-corrected chi connectivity index (χ0v) is 46.0. The number of unbranched alkanes of at least 4 members (excludes halogenated alkanes) is 1. The van der Waals surface area contributed by atoms with Gasteiger partial charge in [-0.1, -0.05) is 33.1 Å². The lowest BCUT2D eigenvalue weighted by Crippen LogP contribution is -2.45. The van der Waals surface area contributed by atoms with Crippen LogP contribution in [-0.4, -0.2) is 306 Å². The highest BCUT2D eigenvalue weighted by molar-refractivity contribution is 4.71. The molecule has 0 rings (SSSR count). The molecule has 20 heteroatoms. The minimum Gasteiger partial charge on any atom is -0.329 e. The molecule has 0 heterocycles. The Kier molecular flexibility index (Phi) is 54.3. The number of likely N-dealkylation sites (N-methyl/N-ethyl adjacent to an activating group) is 3. The zero-order valence-electron chi connectivity index (χ0n) is 46.0. The molecule has 18 N–H and O–H groups in total. The van der Waals surface area contributed by atoms with Crippen molar-refractivity contribution in [1.29, 1.82) is 0 Å². The molecule has 0 spiro atoms. The molecule has 0 aromatic rings. The van der Waals surface area contributed by atoms with Crippen LogP contribution in [-0.2, 0) is 0 Å². The molecule has 0 saturated heterocycles. The maximum Gasteiger partial charge on any atom is 0.0108 e. The first-order valence-corrected chi connectivity index (χ1v) is 28.0. The Morgan fingerprint density at radius 1 is 0.333 bits per heavy atom. The van der Waals surface area contributed by atoms with Crippen molar-refractivity contribution in [1.82, 2.24) is 82.6 Å². The van der Waals surface area contributed by atoms with Crippen LogP contribution < -0.4 is 76.1 Å². The molecule has 0 bridgehead atoms. The fourth-order valence-corrected chi connectivity index (χ4v) is 8.20. The molecule has 0 radical (unpaired) electrons. The molecule has 0 saturated carbocycles. The molecule has 0 aliphatic heterocycles. The fraction of sp³-hybridized carbons (Fsp3) is 1.00. The zero-order chi connectivity index (χ0) is 50.5. The van der Waals surface area contributed by atoms with E-state index in [1.165, 1.54) is 25.7 Å². The summed E-state index contributed by atoms with van der Waals surface area (Å²) < 4.78 is 0. The van der Waals surface area contributed by atoms with Gasteiger partial charge in [-0.2, -0.15) is 0 Å². The Balaban J connectivity index is 5.17. The average molecular weight is 990 g/mol. The van der Waals surface area contributed by atoms with Crippen LogP contribution in [0, 0.1) is 5.92 Å². The van der Waals surface area contributed by atoms with Gasteiger partial charge in [-0.15, -0.1) is 0 Å². The van der Waals surface area contributed by atoms with Crippen molar-refractivity contribution in [3.8, 4) is 0 Å². The summed E-state index contributed by atoms with van der Waals surface area (Å²) in [6.45, 7) is 42.2. The van der Waals surface area contributed by atoms with Gasteiger partial charge in [-0.3, -0.25) is 24.5 Å². The number of hydrogen-bond acceptors (Lipinski definition) is 20. The number of hydrogen-bond donors (Lipinski definition) is 14. The largest absolute Gasteiger partial charge is 0.329 e. The Bertz CT molecular complexity index is 973. The summed E-state index contributed by atoms with van der Waals surface area (Å²) in [6, 6.07) is 0. The molecule has 0 aromatic heterocycles. The molecule has 20 nitrogen and oxygen atoms in total. The monoisotopic (exact) mass is 989 g/mol. The number of rotatable bonds is 59. The highest BCUT2D eigenvalue weighted by atomic mass is 15.2. The molecule has 0 aliphatic carbocycles. The summed E-state index contributed by atoms with van der Waals surface area (Å²) in [7, 11) is 6.27. The van der Waals surface area contributed by atoms with Gasteiger partial charge in [0.1, 0.15) is 0 Å². The first-order valence-electron chi connectivity index (χ1n) is 28.0. The maximum absolute atomic E-state index is 5.97. The van der Waals surface area contributed by atoms with Crippen molar-refractivity contribution in [2.24, 2.45) is 28.9 Å². The Labute approximate surface area is 426 Å². The van der Waals surface area contributed by atoms with Gasteiger partial charge in [0.2, 0.25) is 0 Å². The van der Waals surface area contributed by atoms with Crippen LogP contribution in [0.2, 0.25) is 0 Å². The molecule has 69 heavy (non-hydrogen) atoms. The molecular formula is C49H120N20. The second-order valence-electron chi connectivity index (χ2n) is 18.7. The minimum absolute atomic E-state index is 0.664. The normalized spacial score (nSPS) is 12.7. The van der Waals surface area contributed by atoms with Gasteiger partial charge >= 0.3 is 0 Å². The van der Waals surface area contributed by atoms with Gasteiger partial charge < -0.3 is 81.0 Å². The van der Waals surface area contributed by atoms with E-state index in [1.807, 2.05) is 14.1 Å². The van der Waals surface area contributed by atoms with E-state index in [-0.39, 0.29) is 0 Å². The van der Waals surface area contributed by atoms with Gasteiger partial charge in [0, 0.05) is 249 Å². The summed E-state index contributed by atoms with van der Waals surface area (Å²) in [5.74, 6) is 0.809. The topological polar surface area (TPSA) is 244 Å². The van der Waals surface area contributed by atoms with E-state index in [4.69, 9.17) is 22.9 Å². The molecule has 0 fully saturated rings. The summed E-state index contributed by atoms with van der Waals surface area (Å²) in [5, 5.41) is 35.9. The fourth-order valence-electron chi connectivity index (χ4n) is 8.20. The molecular weight excluding hydrogens is 869 g/mol. The highest BCUT2D eigenvalue weighted by Crippen LogP contribution is 2.11. The lowest BCUT2D eigenvalue weighted by molar-refractivity contribution is 0.244. The van der Waals surface area contributed by atoms with Crippen LogP contribution in [0.4, 0.5) is 0 Å². The van der Waals surface area contributed by atoms with E-state index in [1.54, 1.807) is 0 Å². The lowest BCUT2D eigenvalue weighted by atomic mass is 9.99. The van der Waals surface area contributed by atoms with Crippen molar-refractivity contribution in [3.05, 3.63) is 0 Å². The number of nitrogens with two attached hydrogens (primary N) is 4. The van der Waals surface area contributed by atoms with E-state index >= 15 is 0 Å². The van der Waals surface area contributed by atoms with Crippen LogP contribution in [0.15, 0.2) is 0 Å². The third-order valence-electron chi connectivity index (χ3n) is 12.9. The standard InChI is InChI=1S/C49H120N20/c1-6-8-9-49(7-2)48-63-19-35-64(5)34-18-58-24-42-68(44-27-60-23-39-66(33-13-53)38-21-57-16-15-54-3)45-29-62-30-47-69(43-26-59-22-37-65(31-11-51)32-12-52)46-28-61-25-41-67(36-17-55-4)40-20-56-14-10-50/h49,54-63H,6-48,50-53H2,1-5H3/t49-/m0/s1. The van der Waals surface area contributed by atoms with E-state index in [2.05, 4.69) is 103 Å². The third kappa shape index (κ3) is 46.7. The Morgan fingerprint density at radius 3 is 0.971 bits per heavy atom. The first-order chi connectivity index (χ1) is 33.9. The van der Waals surface area contributed by atoms with E-state index in [9.17, 15) is 0 Å². The molecule has 0 aromatic carbocycles. The second-order valence-corrected chi connectivity index (χ2v) is 18.7. The molecule has 0 amide bonds. The third-order valence-corrected chi connectivity index (χ3v) is 12.9. The van der Waals surface area contributed by atoms with Crippen LogP contribution in [0.5, 0.6) is 0 Å². The van der Waals surface area contributed by atoms with Crippen molar-refractivity contribution in [2.45, 2.75) is 39.5 Å². The Hall–Kier alpha value is -0.800. The van der Waals surface area contributed by atoms with Crippen LogP contribution in [0.1, 0.15) is 39.5 Å². The predicted molar refractivity (Wildman–Crippen MR) is 300 cm³/mol.